The molecule has 0 aromatic carbocycles. The summed E-state index contributed by atoms with van der Waals surface area (Å²) in [5.74, 6) is 0. The van der Waals surface area contributed by atoms with Crippen molar-refractivity contribution in [2.24, 2.45) is 0 Å². The summed E-state index contributed by atoms with van der Waals surface area (Å²) in [5, 5.41) is 3.06. The molecular weight excluding hydrogens is 114 g/mol. The van der Waals surface area contributed by atoms with Gasteiger partial charge in [-0.2, -0.15) is 0 Å². The summed E-state index contributed by atoms with van der Waals surface area (Å²) in [7, 11) is 1.92. The Morgan fingerprint density at radius 1 is 1.78 bits per heavy atom. The minimum Gasteiger partial charge on any atom is -0.497 e. The number of rotatable bonds is 1. The van der Waals surface area contributed by atoms with Gasteiger partial charge < -0.3 is 10.1 Å². The van der Waals surface area contributed by atoms with E-state index >= 15 is 0 Å². The molecule has 1 aliphatic rings. The molecule has 0 saturated heterocycles. The van der Waals surface area contributed by atoms with Crippen LogP contribution >= 0.6 is 0 Å². The Bertz CT molecular complexity index is 120. The molecule has 2 nitrogen and oxygen atoms in total. The lowest BCUT2D eigenvalue weighted by atomic mass is 10.1. The van der Waals surface area contributed by atoms with Crippen LogP contribution in [0.25, 0.3) is 0 Å². The molecule has 0 radical (unpaired) electrons. The zero-order valence-electron chi connectivity index (χ0n) is 5.98. The van der Waals surface area contributed by atoms with Crippen LogP contribution in [0.5, 0.6) is 0 Å². The van der Waals surface area contributed by atoms with Crippen molar-refractivity contribution in [2.75, 3.05) is 7.05 Å². The maximum absolute atomic E-state index is 5.26. The minimum atomic E-state index is 0.405. The van der Waals surface area contributed by atoms with E-state index in [1.807, 2.05) is 13.3 Å². The topological polar surface area (TPSA) is 21.3 Å². The molecule has 0 spiro atoms. The molecule has 0 aromatic rings. The maximum atomic E-state index is 5.26. The van der Waals surface area contributed by atoms with E-state index in [4.69, 9.17) is 4.74 Å². The van der Waals surface area contributed by atoms with Crippen LogP contribution in [0.2, 0.25) is 0 Å². The third-order valence-corrected chi connectivity index (χ3v) is 1.58. The fourth-order valence-electron chi connectivity index (χ4n) is 0.868. The number of allylic oxidation sites excluding steroid dienone is 1. The summed E-state index contributed by atoms with van der Waals surface area (Å²) in [6.45, 7) is 2.09. The Morgan fingerprint density at radius 2 is 2.56 bits per heavy atom. The molecule has 1 rings (SSSR count). The van der Waals surface area contributed by atoms with Gasteiger partial charge in [-0.3, -0.25) is 0 Å². The van der Waals surface area contributed by atoms with E-state index in [1.165, 1.54) is 5.70 Å². The number of hydrogen-bond acceptors (Lipinski definition) is 2. The van der Waals surface area contributed by atoms with Crippen LogP contribution in [0, 0.1) is 0 Å². The summed E-state index contributed by atoms with van der Waals surface area (Å²) in [5.41, 5.74) is 1.20. The smallest absolute Gasteiger partial charge is 0.102 e. The van der Waals surface area contributed by atoms with Gasteiger partial charge in [0, 0.05) is 12.7 Å². The zero-order chi connectivity index (χ0) is 6.69. The second-order valence-corrected chi connectivity index (χ2v) is 2.38. The fourth-order valence-corrected chi connectivity index (χ4v) is 0.868. The molecule has 2 heteroatoms. The summed E-state index contributed by atoms with van der Waals surface area (Å²) < 4.78 is 5.26. The molecule has 1 aliphatic heterocycles. The van der Waals surface area contributed by atoms with Crippen LogP contribution in [0.1, 0.15) is 19.8 Å². The van der Waals surface area contributed by atoms with Gasteiger partial charge in [0.2, 0.25) is 0 Å². The Hall–Kier alpha value is -0.660. The van der Waals surface area contributed by atoms with Crippen molar-refractivity contribution in [1.29, 1.82) is 0 Å². The predicted octanol–water partition coefficient (Wildman–Crippen LogP) is 1.25. The normalized spacial score (nSPS) is 26.4. The summed E-state index contributed by atoms with van der Waals surface area (Å²) in [6, 6.07) is 0. The highest BCUT2D eigenvalue weighted by atomic mass is 16.5. The molecule has 1 atom stereocenters. The average Bonchev–Trinajstić information content (AvgIpc) is 1.90. The van der Waals surface area contributed by atoms with Crippen molar-refractivity contribution >= 4 is 0 Å². The summed E-state index contributed by atoms with van der Waals surface area (Å²) in [4.78, 5) is 0. The van der Waals surface area contributed by atoms with Gasteiger partial charge in [0.15, 0.2) is 0 Å². The second kappa shape index (κ2) is 2.76. The molecule has 0 amide bonds. The first kappa shape index (κ1) is 6.46. The minimum absolute atomic E-state index is 0.405. The van der Waals surface area contributed by atoms with E-state index in [0.717, 1.165) is 12.8 Å². The molecule has 1 heterocycles. The third kappa shape index (κ3) is 1.63. The lowest BCUT2D eigenvalue weighted by Crippen LogP contribution is -2.16. The number of ether oxygens (including phenoxy) is 1. The lowest BCUT2D eigenvalue weighted by molar-refractivity contribution is 0.134. The fraction of sp³-hybridized carbons (Fsp3) is 0.714. The van der Waals surface area contributed by atoms with E-state index in [2.05, 4.69) is 12.2 Å². The highest BCUT2D eigenvalue weighted by molar-refractivity contribution is 4.97. The standard InChI is InChI=1S/C7H13NO/c1-6-3-4-7(8-2)5-9-6/h5-6,8H,3-4H2,1-2H3. The van der Waals surface area contributed by atoms with Crippen molar-refractivity contribution in [3.63, 3.8) is 0 Å². The van der Waals surface area contributed by atoms with Gasteiger partial charge in [0.1, 0.15) is 6.26 Å². The molecule has 0 saturated carbocycles. The third-order valence-electron chi connectivity index (χ3n) is 1.58. The molecule has 9 heavy (non-hydrogen) atoms. The van der Waals surface area contributed by atoms with Gasteiger partial charge in [-0.15, -0.1) is 0 Å². The van der Waals surface area contributed by atoms with Crippen LogP contribution in [0.4, 0.5) is 0 Å². The predicted molar refractivity (Wildman–Crippen MR) is 36.9 cm³/mol. The van der Waals surface area contributed by atoms with Crippen molar-refractivity contribution in [1.82, 2.24) is 5.32 Å². The first-order chi connectivity index (χ1) is 4.33. The van der Waals surface area contributed by atoms with Crippen molar-refractivity contribution in [3.8, 4) is 0 Å². The van der Waals surface area contributed by atoms with Crippen LogP contribution in [0.15, 0.2) is 12.0 Å². The first-order valence-electron chi connectivity index (χ1n) is 3.35. The molecule has 0 fully saturated rings. The van der Waals surface area contributed by atoms with E-state index in [1.54, 1.807) is 0 Å². The number of nitrogens with one attached hydrogen (secondary N) is 1. The molecule has 0 bridgehead atoms. The van der Waals surface area contributed by atoms with Gasteiger partial charge in [-0.25, -0.2) is 0 Å². The highest BCUT2D eigenvalue weighted by Gasteiger charge is 2.08. The molecular formula is C7H13NO. The van der Waals surface area contributed by atoms with E-state index in [9.17, 15) is 0 Å². The molecule has 1 unspecified atom stereocenters. The lowest BCUT2D eigenvalue weighted by Gasteiger charge is -2.18. The highest BCUT2D eigenvalue weighted by Crippen LogP contribution is 2.13. The largest absolute Gasteiger partial charge is 0.497 e. The van der Waals surface area contributed by atoms with Crippen LogP contribution in [-0.4, -0.2) is 13.2 Å². The van der Waals surface area contributed by atoms with Gasteiger partial charge in [0.05, 0.1) is 6.10 Å². The Labute approximate surface area is 55.9 Å². The number of hydrogen-bond donors (Lipinski definition) is 1. The van der Waals surface area contributed by atoms with Gasteiger partial charge in [-0.05, 0) is 19.8 Å². The van der Waals surface area contributed by atoms with E-state index < -0.39 is 0 Å². The van der Waals surface area contributed by atoms with Crippen LogP contribution < -0.4 is 5.32 Å². The average molecular weight is 127 g/mol. The molecule has 0 aromatic heterocycles. The van der Waals surface area contributed by atoms with Gasteiger partial charge >= 0.3 is 0 Å². The molecule has 1 N–H and O–H groups in total. The van der Waals surface area contributed by atoms with Crippen molar-refractivity contribution in [3.05, 3.63) is 12.0 Å². The molecule has 0 aliphatic carbocycles. The Balaban J connectivity index is 2.40. The van der Waals surface area contributed by atoms with E-state index in [0.29, 0.717) is 6.10 Å². The maximum Gasteiger partial charge on any atom is 0.102 e. The van der Waals surface area contributed by atoms with Gasteiger partial charge in [0.25, 0.3) is 0 Å². The summed E-state index contributed by atoms with van der Waals surface area (Å²) >= 11 is 0. The summed E-state index contributed by atoms with van der Waals surface area (Å²) in [6.07, 6.45) is 4.47. The van der Waals surface area contributed by atoms with E-state index in [-0.39, 0.29) is 0 Å². The zero-order valence-corrected chi connectivity index (χ0v) is 5.98. The quantitative estimate of drug-likeness (QED) is 0.572. The van der Waals surface area contributed by atoms with Crippen LogP contribution in [0.3, 0.4) is 0 Å². The SMILES string of the molecule is CNC1=COC(C)CC1. The first-order valence-corrected chi connectivity index (χ1v) is 3.35. The van der Waals surface area contributed by atoms with Crippen molar-refractivity contribution in [2.45, 2.75) is 25.9 Å². The second-order valence-electron chi connectivity index (χ2n) is 2.38. The van der Waals surface area contributed by atoms with Crippen molar-refractivity contribution < 1.29 is 4.74 Å². The molecule has 52 valence electrons. The van der Waals surface area contributed by atoms with Crippen LogP contribution in [-0.2, 0) is 4.74 Å². The Morgan fingerprint density at radius 3 is 3.00 bits per heavy atom. The monoisotopic (exact) mass is 127 g/mol. The Kier molecular flexibility index (Phi) is 1.98. The van der Waals surface area contributed by atoms with Gasteiger partial charge in [-0.1, -0.05) is 0 Å².